The number of nitrogens with one attached hydrogen (secondary N) is 1. The van der Waals surface area contributed by atoms with Crippen molar-refractivity contribution in [1.29, 1.82) is 0 Å². The maximum atomic E-state index is 12.1. The molecule has 5 nitrogen and oxygen atoms in total. The van der Waals surface area contributed by atoms with Crippen LogP contribution in [0.3, 0.4) is 0 Å². The summed E-state index contributed by atoms with van der Waals surface area (Å²) in [5.41, 5.74) is 0.550. The third-order valence-electron chi connectivity index (χ3n) is 3.44. The van der Waals surface area contributed by atoms with Crippen LogP contribution in [-0.4, -0.2) is 51.2 Å². The molecule has 0 saturated carbocycles. The van der Waals surface area contributed by atoms with Gasteiger partial charge in [0.05, 0.1) is 14.2 Å². The first-order valence-electron chi connectivity index (χ1n) is 7.38. The summed E-state index contributed by atoms with van der Waals surface area (Å²) < 4.78 is 10.3. The van der Waals surface area contributed by atoms with Gasteiger partial charge in [-0.3, -0.25) is 4.79 Å². The monoisotopic (exact) mass is 294 g/mol. The molecule has 0 aliphatic heterocycles. The summed E-state index contributed by atoms with van der Waals surface area (Å²) in [7, 11) is 3.14. The summed E-state index contributed by atoms with van der Waals surface area (Å²) >= 11 is 0. The Labute approximate surface area is 127 Å². The van der Waals surface area contributed by atoms with Crippen LogP contribution in [0.5, 0.6) is 11.5 Å². The first-order valence-corrected chi connectivity index (χ1v) is 7.38. The number of carbonyl (C=O) groups excluding carboxylic acids is 1. The number of rotatable bonds is 9. The highest BCUT2D eigenvalue weighted by atomic mass is 16.5. The Morgan fingerprint density at radius 2 is 1.67 bits per heavy atom. The molecule has 0 aliphatic rings. The number of ether oxygens (including phenoxy) is 2. The molecular weight excluding hydrogens is 268 g/mol. The lowest BCUT2D eigenvalue weighted by atomic mass is 10.2. The lowest BCUT2D eigenvalue weighted by Gasteiger charge is -2.17. The fourth-order valence-electron chi connectivity index (χ4n) is 2.09. The Hall–Kier alpha value is -1.75. The predicted octanol–water partition coefficient (Wildman–Crippen LogP) is 2.17. The van der Waals surface area contributed by atoms with Gasteiger partial charge in [-0.1, -0.05) is 13.8 Å². The van der Waals surface area contributed by atoms with E-state index in [1.807, 2.05) is 0 Å². The SMILES string of the molecule is CCN(CC)CCCNC(=O)c1cc(OC)cc(OC)c1. The number of carbonyl (C=O) groups is 1. The number of hydrogen-bond acceptors (Lipinski definition) is 4. The molecule has 0 aliphatic carbocycles. The van der Waals surface area contributed by atoms with Gasteiger partial charge < -0.3 is 19.7 Å². The van der Waals surface area contributed by atoms with Crippen molar-refractivity contribution in [3.63, 3.8) is 0 Å². The molecular formula is C16H26N2O3. The second-order valence-electron chi connectivity index (χ2n) is 4.74. The van der Waals surface area contributed by atoms with Gasteiger partial charge in [-0.25, -0.2) is 0 Å². The summed E-state index contributed by atoms with van der Waals surface area (Å²) in [4.78, 5) is 14.5. The molecule has 0 fully saturated rings. The number of benzene rings is 1. The Morgan fingerprint density at radius 3 is 2.14 bits per heavy atom. The van der Waals surface area contributed by atoms with E-state index in [0.29, 0.717) is 23.6 Å². The fraction of sp³-hybridized carbons (Fsp3) is 0.562. The standard InChI is InChI=1S/C16H26N2O3/c1-5-18(6-2)9-7-8-17-16(19)13-10-14(20-3)12-15(11-13)21-4/h10-12H,5-9H2,1-4H3,(H,17,19). The van der Waals surface area contributed by atoms with Crippen molar-refractivity contribution < 1.29 is 14.3 Å². The van der Waals surface area contributed by atoms with Crippen LogP contribution < -0.4 is 14.8 Å². The van der Waals surface area contributed by atoms with Crippen LogP contribution in [0, 0.1) is 0 Å². The van der Waals surface area contributed by atoms with Crippen LogP contribution in [-0.2, 0) is 0 Å². The Kier molecular flexibility index (Phi) is 7.61. The zero-order chi connectivity index (χ0) is 15.7. The molecule has 0 atom stereocenters. The lowest BCUT2D eigenvalue weighted by molar-refractivity contribution is 0.0951. The van der Waals surface area contributed by atoms with E-state index < -0.39 is 0 Å². The second-order valence-corrected chi connectivity index (χ2v) is 4.74. The molecule has 118 valence electrons. The molecule has 1 aromatic carbocycles. The predicted molar refractivity (Wildman–Crippen MR) is 84.3 cm³/mol. The molecule has 0 saturated heterocycles. The van der Waals surface area contributed by atoms with Crippen molar-refractivity contribution in [2.24, 2.45) is 0 Å². The molecule has 21 heavy (non-hydrogen) atoms. The van der Waals surface area contributed by atoms with Gasteiger partial charge in [-0.05, 0) is 38.2 Å². The van der Waals surface area contributed by atoms with E-state index in [9.17, 15) is 4.79 Å². The third-order valence-corrected chi connectivity index (χ3v) is 3.44. The van der Waals surface area contributed by atoms with Crippen LogP contribution >= 0.6 is 0 Å². The highest BCUT2D eigenvalue weighted by Gasteiger charge is 2.09. The van der Waals surface area contributed by atoms with Crippen molar-refractivity contribution in [3.05, 3.63) is 23.8 Å². The average Bonchev–Trinajstić information content (AvgIpc) is 2.54. The Balaban J connectivity index is 2.52. The van der Waals surface area contributed by atoms with Gasteiger partial charge in [-0.2, -0.15) is 0 Å². The van der Waals surface area contributed by atoms with E-state index in [1.54, 1.807) is 32.4 Å². The molecule has 1 aromatic rings. The number of hydrogen-bond donors (Lipinski definition) is 1. The summed E-state index contributed by atoms with van der Waals surface area (Å²) in [5, 5.41) is 2.93. The van der Waals surface area contributed by atoms with Crippen LogP contribution in [0.25, 0.3) is 0 Å². The summed E-state index contributed by atoms with van der Waals surface area (Å²) in [6, 6.07) is 5.17. The highest BCUT2D eigenvalue weighted by molar-refractivity contribution is 5.95. The Bertz CT molecular complexity index is 423. The first kappa shape index (κ1) is 17.3. The van der Waals surface area contributed by atoms with E-state index in [0.717, 1.165) is 26.1 Å². The number of methoxy groups -OCH3 is 2. The normalized spacial score (nSPS) is 10.5. The van der Waals surface area contributed by atoms with Gasteiger partial charge in [0.2, 0.25) is 0 Å². The quantitative estimate of drug-likeness (QED) is 0.709. The largest absolute Gasteiger partial charge is 0.497 e. The molecule has 0 heterocycles. The summed E-state index contributed by atoms with van der Waals surface area (Å²) in [6.45, 7) is 8.02. The average molecular weight is 294 g/mol. The molecule has 1 N–H and O–H groups in total. The topological polar surface area (TPSA) is 50.8 Å². The molecule has 0 aromatic heterocycles. The van der Waals surface area contributed by atoms with Crippen LogP contribution in [0.1, 0.15) is 30.6 Å². The van der Waals surface area contributed by atoms with Gasteiger partial charge in [0, 0.05) is 18.2 Å². The molecule has 0 radical (unpaired) electrons. The smallest absolute Gasteiger partial charge is 0.251 e. The third kappa shape index (κ3) is 5.63. The van der Waals surface area contributed by atoms with Crippen molar-refractivity contribution in [2.45, 2.75) is 20.3 Å². The van der Waals surface area contributed by atoms with Gasteiger partial charge >= 0.3 is 0 Å². The van der Waals surface area contributed by atoms with Crippen molar-refractivity contribution in [2.75, 3.05) is 40.4 Å². The Morgan fingerprint density at radius 1 is 1.10 bits per heavy atom. The minimum Gasteiger partial charge on any atom is -0.497 e. The number of amides is 1. The van der Waals surface area contributed by atoms with Crippen molar-refractivity contribution in [3.8, 4) is 11.5 Å². The van der Waals surface area contributed by atoms with Crippen LogP contribution in [0.4, 0.5) is 0 Å². The lowest BCUT2D eigenvalue weighted by Crippen LogP contribution is -2.29. The number of nitrogens with zero attached hydrogens (tertiary/aromatic N) is 1. The molecule has 0 unspecified atom stereocenters. The molecule has 5 heteroatoms. The maximum Gasteiger partial charge on any atom is 0.251 e. The van der Waals surface area contributed by atoms with Crippen LogP contribution in [0.15, 0.2) is 18.2 Å². The summed E-state index contributed by atoms with van der Waals surface area (Å²) in [5.74, 6) is 1.12. The summed E-state index contributed by atoms with van der Waals surface area (Å²) in [6.07, 6.45) is 0.939. The minimum atomic E-state index is -0.105. The molecule has 0 bridgehead atoms. The van der Waals surface area contributed by atoms with Gasteiger partial charge in [0.1, 0.15) is 11.5 Å². The molecule has 0 spiro atoms. The fourth-order valence-corrected chi connectivity index (χ4v) is 2.09. The zero-order valence-corrected chi connectivity index (χ0v) is 13.4. The van der Waals surface area contributed by atoms with Gasteiger partial charge in [0.15, 0.2) is 0 Å². The van der Waals surface area contributed by atoms with Gasteiger partial charge in [-0.15, -0.1) is 0 Å². The minimum absolute atomic E-state index is 0.105. The van der Waals surface area contributed by atoms with E-state index >= 15 is 0 Å². The van der Waals surface area contributed by atoms with Crippen molar-refractivity contribution in [1.82, 2.24) is 10.2 Å². The maximum absolute atomic E-state index is 12.1. The van der Waals surface area contributed by atoms with E-state index in [-0.39, 0.29) is 5.91 Å². The van der Waals surface area contributed by atoms with E-state index in [2.05, 4.69) is 24.1 Å². The molecule has 1 rings (SSSR count). The second kappa shape index (κ2) is 9.23. The molecule has 1 amide bonds. The van der Waals surface area contributed by atoms with Gasteiger partial charge in [0.25, 0.3) is 5.91 Å². The van der Waals surface area contributed by atoms with E-state index in [4.69, 9.17) is 9.47 Å². The highest BCUT2D eigenvalue weighted by Crippen LogP contribution is 2.22. The zero-order valence-electron chi connectivity index (χ0n) is 13.4. The van der Waals surface area contributed by atoms with Crippen molar-refractivity contribution >= 4 is 5.91 Å². The first-order chi connectivity index (χ1) is 10.1. The van der Waals surface area contributed by atoms with Crippen LogP contribution in [0.2, 0.25) is 0 Å². The van der Waals surface area contributed by atoms with E-state index in [1.165, 1.54) is 0 Å².